The molecule has 1 fully saturated rings. The number of nitrogens with zero attached hydrogens (tertiary/aromatic N) is 3. The lowest BCUT2D eigenvalue weighted by Gasteiger charge is -2.20. The maximum absolute atomic E-state index is 8.89. The van der Waals surface area contributed by atoms with Crippen LogP contribution in [0.15, 0.2) is 17.1 Å². The van der Waals surface area contributed by atoms with Gasteiger partial charge in [0.2, 0.25) is 5.96 Å². The van der Waals surface area contributed by atoms with Gasteiger partial charge in [-0.05, 0) is 43.7 Å². The molecule has 2 rings (SSSR count). The Morgan fingerprint density at radius 1 is 1.17 bits per heavy atom. The molecule has 0 atom stereocenters. The molecule has 166 valence electrons. The molecular formula is C20H30Cl2N6OS. The zero-order valence-electron chi connectivity index (χ0n) is 17.1. The first-order valence-electron chi connectivity index (χ1n) is 10.5. The highest BCUT2D eigenvalue weighted by atomic mass is 35.5. The fraction of sp³-hybridized carbons (Fsp3) is 0.650. The van der Waals surface area contributed by atoms with E-state index < -0.39 is 0 Å². The highest BCUT2D eigenvalue weighted by Gasteiger charge is 2.13. The van der Waals surface area contributed by atoms with Gasteiger partial charge in [-0.2, -0.15) is 5.26 Å². The minimum absolute atomic E-state index is 0.271. The quantitative estimate of drug-likeness (QED) is 0.0537. The maximum atomic E-state index is 8.89. The first-order valence-corrected chi connectivity index (χ1v) is 12.2. The topological polar surface area (TPSA) is 94.4 Å². The van der Waals surface area contributed by atoms with Gasteiger partial charge in [0.05, 0.1) is 6.61 Å². The van der Waals surface area contributed by atoms with E-state index in [1.807, 2.05) is 6.19 Å². The third-order valence-electron chi connectivity index (χ3n) is 4.79. The Morgan fingerprint density at radius 3 is 2.63 bits per heavy atom. The van der Waals surface area contributed by atoms with Crippen molar-refractivity contribution < 1.29 is 4.84 Å². The van der Waals surface area contributed by atoms with Crippen molar-refractivity contribution in [3.63, 3.8) is 0 Å². The van der Waals surface area contributed by atoms with E-state index in [-0.39, 0.29) is 10.3 Å². The molecule has 0 unspecified atom stereocenters. The Kier molecular flexibility index (Phi) is 13.0. The van der Waals surface area contributed by atoms with Crippen molar-refractivity contribution in [3.05, 3.63) is 22.4 Å². The van der Waals surface area contributed by atoms with E-state index in [1.54, 1.807) is 24.1 Å². The van der Waals surface area contributed by atoms with Gasteiger partial charge in [0, 0.05) is 18.0 Å². The number of nitriles is 1. The summed E-state index contributed by atoms with van der Waals surface area (Å²) in [6.45, 7) is 1.45. The molecule has 1 aliphatic carbocycles. The zero-order valence-corrected chi connectivity index (χ0v) is 19.5. The van der Waals surface area contributed by atoms with Gasteiger partial charge in [-0.1, -0.05) is 67.3 Å². The van der Waals surface area contributed by atoms with Crippen LogP contribution in [0.25, 0.3) is 0 Å². The van der Waals surface area contributed by atoms with Crippen LogP contribution in [0.3, 0.4) is 0 Å². The first-order chi connectivity index (χ1) is 14.7. The lowest BCUT2D eigenvalue weighted by atomic mass is 9.90. The fourth-order valence-corrected chi connectivity index (χ4v) is 4.30. The number of anilines is 1. The summed E-state index contributed by atoms with van der Waals surface area (Å²) < 4.78 is 0. The van der Waals surface area contributed by atoms with Crippen LogP contribution in [0, 0.1) is 17.4 Å². The molecule has 1 aliphatic rings. The molecule has 0 amide bonds. The van der Waals surface area contributed by atoms with Crippen LogP contribution in [0.1, 0.15) is 57.8 Å². The highest BCUT2D eigenvalue weighted by Crippen LogP contribution is 2.23. The Bertz CT molecular complexity index is 674. The summed E-state index contributed by atoms with van der Waals surface area (Å²) in [7, 11) is 0. The summed E-state index contributed by atoms with van der Waals surface area (Å²) in [5.74, 6) is 2.13. The average molecular weight is 473 g/mol. The summed E-state index contributed by atoms with van der Waals surface area (Å²) in [5, 5.41) is 15.0. The first kappa shape index (κ1) is 25.0. The van der Waals surface area contributed by atoms with E-state index in [0.29, 0.717) is 18.2 Å². The van der Waals surface area contributed by atoms with E-state index in [2.05, 4.69) is 25.5 Å². The molecule has 0 radical (unpaired) electrons. The number of aromatic nitrogens is 1. The standard InChI is InChI=1S/C20H30Cl2N6OS/c21-18-12-17(13-19(22)27-18)26-20(25-15-23)24-10-6-1-2-7-11-30-28-29-14-16-8-4-3-5-9-16/h12-13,16,28H,1-11,14H2,(H2,24,25,26,27). The zero-order chi connectivity index (χ0) is 21.4. The molecule has 1 aromatic heterocycles. The van der Waals surface area contributed by atoms with Crippen LogP contribution in [0.5, 0.6) is 0 Å². The third kappa shape index (κ3) is 11.2. The number of unbranched alkanes of at least 4 members (excludes halogenated alkanes) is 3. The Balaban J connectivity index is 1.51. The summed E-state index contributed by atoms with van der Waals surface area (Å²) in [5.41, 5.74) is 0.622. The number of halogens is 2. The molecular weight excluding hydrogens is 443 g/mol. The second-order valence-electron chi connectivity index (χ2n) is 7.25. The van der Waals surface area contributed by atoms with E-state index in [4.69, 9.17) is 33.3 Å². The smallest absolute Gasteiger partial charge is 0.209 e. The van der Waals surface area contributed by atoms with Gasteiger partial charge in [0.25, 0.3) is 0 Å². The summed E-state index contributed by atoms with van der Waals surface area (Å²) in [6, 6.07) is 3.24. The summed E-state index contributed by atoms with van der Waals surface area (Å²) in [4.78, 5) is 16.9. The predicted octanol–water partition coefficient (Wildman–Crippen LogP) is 5.54. The minimum Gasteiger partial charge on any atom is -0.325 e. The number of hydrogen-bond donors (Lipinski definition) is 3. The molecule has 3 N–H and O–H groups in total. The second-order valence-corrected chi connectivity index (χ2v) is 8.89. The van der Waals surface area contributed by atoms with Crippen molar-refractivity contribution in [3.8, 4) is 6.19 Å². The van der Waals surface area contributed by atoms with E-state index in [9.17, 15) is 0 Å². The van der Waals surface area contributed by atoms with Crippen molar-refractivity contribution in [1.82, 2.24) is 15.2 Å². The van der Waals surface area contributed by atoms with E-state index >= 15 is 0 Å². The lowest BCUT2D eigenvalue weighted by molar-refractivity contribution is 0.0577. The monoisotopic (exact) mass is 472 g/mol. The van der Waals surface area contributed by atoms with E-state index in [1.165, 1.54) is 32.1 Å². The van der Waals surface area contributed by atoms with Crippen LogP contribution in [-0.4, -0.2) is 29.8 Å². The molecule has 1 heterocycles. The van der Waals surface area contributed by atoms with Crippen LogP contribution in [0.4, 0.5) is 5.69 Å². The molecule has 1 aromatic rings. The number of nitrogens with one attached hydrogen (secondary N) is 3. The Morgan fingerprint density at radius 2 is 1.90 bits per heavy atom. The summed E-state index contributed by atoms with van der Waals surface area (Å²) >= 11 is 13.4. The van der Waals surface area contributed by atoms with Gasteiger partial charge in [-0.15, -0.1) is 4.89 Å². The van der Waals surface area contributed by atoms with Gasteiger partial charge >= 0.3 is 0 Å². The van der Waals surface area contributed by atoms with Gasteiger partial charge in [0.15, 0.2) is 6.19 Å². The van der Waals surface area contributed by atoms with Crippen molar-refractivity contribution in [2.45, 2.75) is 57.8 Å². The van der Waals surface area contributed by atoms with Gasteiger partial charge < -0.3 is 5.32 Å². The number of rotatable bonds is 12. The van der Waals surface area contributed by atoms with Crippen molar-refractivity contribution in [2.75, 3.05) is 24.2 Å². The van der Waals surface area contributed by atoms with Crippen LogP contribution >= 0.6 is 35.1 Å². The average Bonchev–Trinajstić information content (AvgIpc) is 2.72. The van der Waals surface area contributed by atoms with Crippen molar-refractivity contribution >= 4 is 46.8 Å². The third-order valence-corrected chi connectivity index (χ3v) is 5.90. The Hall–Kier alpha value is -1.24. The van der Waals surface area contributed by atoms with Crippen LogP contribution < -0.4 is 15.5 Å². The van der Waals surface area contributed by atoms with Crippen molar-refractivity contribution in [1.29, 1.82) is 5.26 Å². The predicted molar refractivity (Wildman–Crippen MR) is 126 cm³/mol. The number of pyridine rings is 1. The molecule has 7 nitrogen and oxygen atoms in total. The molecule has 1 saturated carbocycles. The highest BCUT2D eigenvalue weighted by molar-refractivity contribution is 7.97. The van der Waals surface area contributed by atoms with Gasteiger partial charge in [-0.3, -0.25) is 15.1 Å². The van der Waals surface area contributed by atoms with Crippen LogP contribution in [0.2, 0.25) is 10.3 Å². The Labute approximate surface area is 193 Å². The lowest BCUT2D eigenvalue weighted by Crippen LogP contribution is -2.27. The van der Waals surface area contributed by atoms with E-state index in [0.717, 1.165) is 44.0 Å². The normalized spacial score (nSPS) is 15.0. The number of aliphatic imine (C=N–C) groups is 1. The second kappa shape index (κ2) is 15.5. The minimum atomic E-state index is 0.271. The van der Waals surface area contributed by atoms with Crippen molar-refractivity contribution in [2.24, 2.45) is 10.9 Å². The molecule has 0 aliphatic heterocycles. The SMILES string of the molecule is N#CNC(=NCCCCCCSNOCC1CCCCC1)Nc1cc(Cl)nc(Cl)c1. The van der Waals surface area contributed by atoms with Crippen LogP contribution in [-0.2, 0) is 4.84 Å². The fourth-order valence-electron chi connectivity index (χ4n) is 3.26. The summed E-state index contributed by atoms with van der Waals surface area (Å²) in [6.07, 6.45) is 12.9. The molecule has 30 heavy (non-hydrogen) atoms. The molecule has 0 aromatic carbocycles. The maximum Gasteiger partial charge on any atom is 0.209 e. The largest absolute Gasteiger partial charge is 0.325 e. The molecule has 0 saturated heterocycles. The van der Waals surface area contributed by atoms with Gasteiger partial charge in [-0.25, -0.2) is 4.98 Å². The molecule has 0 spiro atoms. The number of hydrogen-bond acceptors (Lipinski definition) is 6. The molecule has 10 heteroatoms. The number of guanidine groups is 1. The van der Waals surface area contributed by atoms with Gasteiger partial charge in [0.1, 0.15) is 10.3 Å². The molecule has 0 bridgehead atoms.